The minimum absolute atomic E-state index is 0.0574. The number of rotatable bonds is 5. The number of nitrogens with zero attached hydrogens (tertiary/aromatic N) is 2. The van der Waals surface area contributed by atoms with Gasteiger partial charge >= 0.3 is 0 Å². The van der Waals surface area contributed by atoms with E-state index in [0.717, 1.165) is 11.5 Å². The third-order valence-electron chi connectivity index (χ3n) is 4.51. The predicted molar refractivity (Wildman–Crippen MR) is 88.1 cm³/mol. The van der Waals surface area contributed by atoms with E-state index < -0.39 is 5.82 Å². The number of likely N-dealkylation sites (tertiary alicyclic amines) is 1. The Kier molecular flexibility index (Phi) is 5.03. The summed E-state index contributed by atoms with van der Waals surface area (Å²) in [6.45, 7) is 2.89. The fraction of sp³-hybridized carbons (Fsp3) is 0.444. The molecule has 2 heterocycles. The number of methoxy groups -OCH3 is 2. The molecular weight excluding hydrogens is 327 g/mol. The fourth-order valence-electron chi connectivity index (χ4n) is 3.22. The highest BCUT2D eigenvalue weighted by molar-refractivity contribution is 5.94. The van der Waals surface area contributed by atoms with Crippen LogP contribution in [0.2, 0.25) is 0 Å². The quantitative estimate of drug-likeness (QED) is 0.830. The highest BCUT2D eigenvalue weighted by Crippen LogP contribution is 2.26. The second kappa shape index (κ2) is 7.23. The molecule has 0 radical (unpaired) electrons. The number of hydrogen-bond donors (Lipinski definition) is 0. The smallest absolute Gasteiger partial charge is 0.254 e. The maximum Gasteiger partial charge on any atom is 0.254 e. The van der Waals surface area contributed by atoms with Gasteiger partial charge in [0.25, 0.3) is 5.91 Å². The van der Waals surface area contributed by atoms with Crippen molar-refractivity contribution in [2.45, 2.75) is 19.4 Å². The molecule has 134 valence electrons. The Morgan fingerprint density at radius 1 is 1.36 bits per heavy atom. The van der Waals surface area contributed by atoms with Crippen molar-refractivity contribution in [3.8, 4) is 5.75 Å². The van der Waals surface area contributed by atoms with Crippen LogP contribution in [-0.4, -0.2) is 49.4 Å². The molecule has 2 atom stereocenters. The molecule has 25 heavy (non-hydrogen) atoms. The molecule has 0 saturated carbocycles. The Balaban J connectivity index is 1.73. The first-order chi connectivity index (χ1) is 12.0. The van der Waals surface area contributed by atoms with Crippen LogP contribution in [0.3, 0.4) is 0 Å². The van der Waals surface area contributed by atoms with Gasteiger partial charge in [0.15, 0.2) is 11.6 Å². The number of benzene rings is 1. The first kappa shape index (κ1) is 17.4. The Labute approximate surface area is 145 Å². The summed E-state index contributed by atoms with van der Waals surface area (Å²) in [6.07, 6.45) is 0.562. The summed E-state index contributed by atoms with van der Waals surface area (Å²) in [7, 11) is 3.01. The van der Waals surface area contributed by atoms with Crippen LogP contribution in [0.25, 0.3) is 0 Å². The average Bonchev–Trinajstić information content (AvgIpc) is 3.21. The zero-order chi connectivity index (χ0) is 18.0. The fourth-order valence-corrected chi connectivity index (χ4v) is 3.22. The van der Waals surface area contributed by atoms with Crippen LogP contribution in [0.15, 0.2) is 28.8 Å². The number of carbonyl (C=O) groups is 1. The first-order valence-electron chi connectivity index (χ1n) is 8.09. The highest BCUT2D eigenvalue weighted by Gasteiger charge is 2.36. The van der Waals surface area contributed by atoms with Crippen molar-refractivity contribution in [3.63, 3.8) is 0 Å². The van der Waals surface area contributed by atoms with E-state index in [-0.39, 0.29) is 23.7 Å². The molecule has 1 saturated heterocycles. The number of halogens is 1. The maximum atomic E-state index is 13.5. The number of aromatic nitrogens is 1. The average molecular weight is 348 g/mol. The summed E-state index contributed by atoms with van der Waals surface area (Å²) in [5.41, 5.74) is 1.22. The van der Waals surface area contributed by atoms with Crippen molar-refractivity contribution >= 4 is 5.91 Å². The Hall–Kier alpha value is -2.41. The van der Waals surface area contributed by atoms with Crippen LogP contribution < -0.4 is 4.74 Å². The number of ether oxygens (including phenoxy) is 2. The molecule has 1 amide bonds. The van der Waals surface area contributed by atoms with Crippen molar-refractivity contribution < 1.29 is 23.2 Å². The molecule has 6 nitrogen and oxygen atoms in total. The molecule has 1 aliphatic heterocycles. The predicted octanol–water partition coefficient (Wildman–Crippen LogP) is 2.46. The van der Waals surface area contributed by atoms with Crippen LogP contribution in [0.5, 0.6) is 5.75 Å². The first-order valence-corrected chi connectivity index (χ1v) is 8.09. The molecule has 7 heteroatoms. The molecular formula is C18H21FN2O4. The van der Waals surface area contributed by atoms with E-state index in [9.17, 15) is 9.18 Å². The summed E-state index contributed by atoms with van der Waals surface area (Å²) >= 11 is 0. The van der Waals surface area contributed by atoms with E-state index in [1.165, 1.54) is 25.3 Å². The van der Waals surface area contributed by atoms with E-state index in [1.54, 1.807) is 12.0 Å². The molecule has 2 unspecified atom stereocenters. The number of amides is 1. The van der Waals surface area contributed by atoms with Gasteiger partial charge in [0.2, 0.25) is 0 Å². The lowest BCUT2D eigenvalue weighted by molar-refractivity contribution is 0.0672. The monoisotopic (exact) mass is 348 g/mol. The molecule has 1 aromatic carbocycles. The standard InChI is InChI=1S/C18H21FN2O4/c1-11-6-14(25-20-11)7-13-9-21(10-17(13)24-3)18(22)12-4-5-15(19)16(8-12)23-2/h4-6,8,13,17H,7,9-10H2,1-3H3. The molecule has 0 bridgehead atoms. The van der Waals surface area contributed by atoms with Crippen LogP contribution in [0.1, 0.15) is 21.8 Å². The molecule has 0 spiro atoms. The molecule has 1 fully saturated rings. The molecule has 2 aromatic rings. The molecule has 3 rings (SSSR count). The molecule has 0 N–H and O–H groups in total. The highest BCUT2D eigenvalue weighted by atomic mass is 19.1. The second-order valence-corrected chi connectivity index (χ2v) is 6.23. The van der Waals surface area contributed by atoms with E-state index in [0.29, 0.717) is 25.1 Å². The van der Waals surface area contributed by atoms with Gasteiger partial charge in [0.1, 0.15) is 5.76 Å². The Morgan fingerprint density at radius 2 is 2.16 bits per heavy atom. The summed E-state index contributed by atoms with van der Waals surface area (Å²) < 4.78 is 29.3. The largest absolute Gasteiger partial charge is 0.494 e. The van der Waals surface area contributed by atoms with Gasteiger partial charge in [-0.2, -0.15) is 0 Å². The summed E-state index contributed by atoms with van der Waals surface area (Å²) in [4.78, 5) is 14.5. The van der Waals surface area contributed by atoms with Crippen molar-refractivity contribution in [3.05, 3.63) is 47.1 Å². The minimum Gasteiger partial charge on any atom is -0.494 e. The van der Waals surface area contributed by atoms with Crippen molar-refractivity contribution in [2.24, 2.45) is 5.92 Å². The normalized spacial score (nSPS) is 20.1. The van der Waals surface area contributed by atoms with Crippen molar-refractivity contribution in [1.29, 1.82) is 0 Å². The SMILES string of the molecule is COc1cc(C(=O)N2CC(Cc3cc(C)no3)C(OC)C2)ccc1F. The summed E-state index contributed by atoms with van der Waals surface area (Å²) in [5.74, 6) is 0.290. The number of carbonyl (C=O) groups excluding carboxylic acids is 1. The van der Waals surface area contributed by atoms with E-state index in [2.05, 4.69) is 5.16 Å². The molecule has 0 aliphatic carbocycles. The van der Waals surface area contributed by atoms with Crippen LogP contribution in [0, 0.1) is 18.7 Å². The lowest BCUT2D eigenvalue weighted by Gasteiger charge is -2.16. The van der Waals surface area contributed by atoms with Crippen LogP contribution in [0.4, 0.5) is 4.39 Å². The van der Waals surface area contributed by atoms with Crippen LogP contribution >= 0.6 is 0 Å². The zero-order valence-electron chi connectivity index (χ0n) is 14.5. The summed E-state index contributed by atoms with van der Waals surface area (Å²) in [6, 6.07) is 6.02. The van der Waals surface area contributed by atoms with E-state index >= 15 is 0 Å². The lowest BCUT2D eigenvalue weighted by atomic mass is 10.0. The van der Waals surface area contributed by atoms with Gasteiger partial charge in [-0.15, -0.1) is 0 Å². The zero-order valence-corrected chi connectivity index (χ0v) is 14.5. The van der Waals surface area contributed by atoms with Gasteiger partial charge in [-0.05, 0) is 25.1 Å². The topological polar surface area (TPSA) is 64.8 Å². The van der Waals surface area contributed by atoms with Gasteiger partial charge in [0, 0.05) is 44.2 Å². The van der Waals surface area contributed by atoms with Gasteiger partial charge < -0.3 is 18.9 Å². The van der Waals surface area contributed by atoms with Gasteiger partial charge in [-0.25, -0.2) is 4.39 Å². The molecule has 1 aliphatic rings. The third kappa shape index (κ3) is 3.66. The van der Waals surface area contributed by atoms with Gasteiger partial charge in [-0.1, -0.05) is 5.16 Å². The second-order valence-electron chi connectivity index (χ2n) is 6.23. The Bertz CT molecular complexity index is 761. The van der Waals surface area contributed by atoms with Gasteiger partial charge in [0.05, 0.1) is 18.9 Å². The van der Waals surface area contributed by atoms with E-state index in [4.69, 9.17) is 14.0 Å². The van der Waals surface area contributed by atoms with Crippen LogP contribution in [-0.2, 0) is 11.2 Å². The van der Waals surface area contributed by atoms with E-state index in [1.807, 2.05) is 13.0 Å². The van der Waals surface area contributed by atoms with Gasteiger partial charge in [-0.3, -0.25) is 4.79 Å². The number of hydrogen-bond acceptors (Lipinski definition) is 5. The maximum absolute atomic E-state index is 13.5. The number of aryl methyl sites for hydroxylation is 1. The summed E-state index contributed by atoms with van der Waals surface area (Å²) in [5, 5.41) is 3.89. The third-order valence-corrected chi connectivity index (χ3v) is 4.51. The lowest BCUT2D eigenvalue weighted by Crippen LogP contribution is -2.30. The minimum atomic E-state index is -0.492. The van der Waals surface area contributed by atoms with Crippen molar-refractivity contribution in [1.82, 2.24) is 10.1 Å². The molecule has 1 aromatic heterocycles. The van der Waals surface area contributed by atoms with Crippen molar-refractivity contribution in [2.75, 3.05) is 27.3 Å². The Morgan fingerprint density at radius 3 is 2.80 bits per heavy atom.